The fourth-order valence-corrected chi connectivity index (χ4v) is 2.53. The Morgan fingerprint density at radius 1 is 1.09 bits per heavy atom. The Hall–Kier alpha value is -2.04. The summed E-state index contributed by atoms with van der Waals surface area (Å²) in [5.41, 5.74) is 1.12. The molecule has 126 valence electrons. The van der Waals surface area contributed by atoms with Crippen LogP contribution in [0.15, 0.2) is 24.3 Å². The normalized spacial score (nSPS) is 16.3. The maximum Gasteiger partial charge on any atom is 0.347 e. The van der Waals surface area contributed by atoms with Crippen molar-refractivity contribution in [2.45, 2.75) is 45.6 Å². The van der Waals surface area contributed by atoms with Crippen LogP contribution in [0.25, 0.3) is 0 Å². The van der Waals surface area contributed by atoms with Crippen LogP contribution in [0, 0.1) is 6.92 Å². The second kappa shape index (κ2) is 8.56. The van der Waals surface area contributed by atoms with Gasteiger partial charge in [-0.05, 0) is 38.8 Å². The Morgan fingerprint density at radius 3 is 2.30 bits per heavy atom. The van der Waals surface area contributed by atoms with Crippen LogP contribution in [0.2, 0.25) is 0 Å². The molecule has 2 rings (SSSR count). The zero-order valence-electron chi connectivity index (χ0n) is 13.9. The zero-order valence-corrected chi connectivity index (χ0v) is 13.9. The molecule has 0 spiro atoms. The highest BCUT2D eigenvalue weighted by Gasteiger charge is 2.21. The number of benzene rings is 1. The highest BCUT2D eigenvalue weighted by atomic mass is 16.6. The van der Waals surface area contributed by atoms with Gasteiger partial charge in [-0.25, -0.2) is 4.79 Å². The van der Waals surface area contributed by atoms with Crippen LogP contribution in [0.1, 0.15) is 38.2 Å². The summed E-state index contributed by atoms with van der Waals surface area (Å²) < 4.78 is 10.6. The first-order valence-corrected chi connectivity index (χ1v) is 8.24. The van der Waals surface area contributed by atoms with Gasteiger partial charge in [0.15, 0.2) is 12.7 Å². The molecule has 5 heteroatoms. The molecule has 1 atom stereocenters. The number of carbonyl (C=O) groups excluding carboxylic acids is 2. The van der Waals surface area contributed by atoms with Crippen LogP contribution < -0.4 is 4.74 Å². The third-order valence-corrected chi connectivity index (χ3v) is 3.96. The number of amides is 1. The lowest BCUT2D eigenvalue weighted by molar-refractivity contribution is -0.157. The maximum atomic E-state index is 12.1. The van der Waals surface area contributed by atoms with Gasteiger partial charge in [0.25, 0.3) is 5.91 Å². The second-order valence-electron chi connectivity index (χ2n) is 5.98. The van der Waals surface area contributed by atoms with Crippen molar-refractivity contribution in [3.8, 4) is 5.75 Å². The van der Waals surface area contributed by atoms with Gasteiger partial charge in [0.05, 0.1) is 0 Å². The highest BCUT2D eigenvalue weighted by Crippen LogP contribution is 2.14. The number of aryl methyl sites for hydroxylation is 1. The summed E-state index contributed by atoms with van der Waals surface area (Å²) in [4.78, 5) is 25.8. The molecule has 1 amide bonds. The van der Waals surface area contributed by atoms with Crippen LogP contribution in [0.4, 0.5) is 0 Å². The first-order valence-electron chi connectivity index (χ1n) is 8.24. The number of nitrogens with zero attached hydrogens (tertiary/aromatic N) is 1. The zero-order chi connectivity index (χ0) is 16.7. The topological polar surface area (TPSA) is 55.8 Å². The van der Waals surface area contributed by atoms with Gasteiger partial charge in [-0.1, -0.05) is 30.5 Å². The smallest absolute Gasteiger partial charge is 0.347 e. The number of ether oxygens (including phenoxy) is 2. The Balaban J connectivity index is 1.76. The Labute approximate surface area is 137 Å². The van der Waals surface area contributed by atoms with Crippen LogP contribution in [-0.2, 0) is 14.3 Å². The first kappa shape index (κ1) is 17.3. The predicted molar refractivity (Wildman–Crippen MR) is 87.3 cm³/mol. The maximum absolute atomic E-state index is 12.1. The van der Waals surface area contributed by atoms with E-state index in [1.54, 1.807) is 11.8 Å². The van der Waals surface area contributed by atoms with Crippen molar-refractivity contribution >= 4 is 11.9 Å². The minimum Gasteiger partial charge on any atom is -0.479 e. The molecule has 0 bridgehead atoms. The highest BCUT2D eigenvalue weighted by molar-refractivity contribution is 5.82. The summed E-state index contributed by atoms with van der Waals surface area (Å²) in [6.45, 7) is 4.91. The average molecular weight is 319 g/mol. The van der Waals surface area contributed by atoms with E-state index >= 15 is 0 Å². The molecule has 0 radical (unpaired) electrons. The van der Waals surface area contributed by atoms with E-state index < -0.39 is 12.1 Å². The van der Waals surface area contributed by atoms with Gasteiger partial charge in [-0.15, -0.1) is 0 Å². The number of rotatable bonds is 5. The molecule has 0 N–H and O–H groups in total. The van der Waals surface area contributed by atoms with E-state index in [2.05, 4.69) is 0 Å². The van der Waals surface area contributed by atoms with Crippen molar-refractivity contribution < 1.29 is 19.1 Å². The molecule has 23 heavy (non-hydrogen) atoms. The molecule has 1 aromatic carbocycles. The molecule has 1 aliphatic rings. The summed E-state index contributed by atoms with van der Waals surface area (Å²) in [7, 11) is 0. The van der Waals surface area contributed by atoms with Crippen LogP contribution in [-0.4, -0.2) is 42.6 Å². The molecule has 0 aliphatic carbocycles. The molecule has 1 heterocycles. The summed E-state index contributed by atoms with van der Waals surface area (Å²) in [6.07, 6.45) is 3.62. The lowest BCUT2D eigenvalue weighted by Gasteiger charge is -2.20. The van der Waals surface area contributed by atoms with Gasteiger partial charge < -0.3 is 14.4 Å². The summed E-state index contributed by atoms with van der Waals surface area (Å²) >= 11 is 0. The number of esters is 1. The van der Waals surface area contributed by atoms with Crippen LogP contribution in [0.5, 0.6) is 5.75 Å². The summed E-state index contributed by atoms with van der Waals surface area (Å²) in [6, 6.07) is 7.44. The number of likely N-dealkylation sites (tertiary alicyclic amines) is 1. The van der Waals surface area contributed by atoms with Crippen molar-refractivity contribution in [3.63, 3.8) is 0 Å². The SMILES string of the molecule is Cc1ccc(OC(C)C(=O)OCC(=O)N2CCCCCC2)cc1. The minimum atomic E-state index is -0.741. The van der Waals surface area contributed by atoms with Crippen molar-refractivity contribution in [2.24, 2.45) is 0 Å². The molecule has 1 aliphatic heterocycles. The third-order valence-electron chi connectivity index (χ3n) is 3.96. The first-order chi connectivity index (χ1) is 11.1. The van der Waals surface area contributed by atoms with E-state index in [1.165, 1.54) is 0 Å². The molecular formula is C18H25NO4. The van der Waals surface area contributed by atoms with Gasteiger partial charge in [0.1, 0.15) is 5.75 Å². The number of hydrogen-bond donors (Lipinski definition) is 0. The number of hydrogen-bond acceptors (Lipinski definition) is 4. The minimum absolute atomic E-state index is 0.122. The van der Waals surface area contributed by atoms with E-state index in [0.29, 0.717) is 5.75 Å². The van der Waals surface area contributed by atoms with E-state index in [9.17, 15) is 9.59 Å². The monoisotopic (exact) mass is 319 g/mol. The average Bonchev–Trinajstić information content (AvgIpc) is 2.83. The Kier molecular flexibility index (Phi) is 6.44. The third kappa shape index (κ3) is 5.58. The molecular weight excluding hydrogens is 294 g/mol. The van der Waals surface area contributed by atoms with Crippen molar-refractivity contribution in [3.05, 3.63) is 29.8 Å². The molecule has 1 aromatic rings. The molecule has 1 fully saturated rings. The summed E-state index contributed by atoms with van der Waals surface area (Å²) in [5.74, 6) is -0.0320. The molecule has 1 unspecified atom stereocenters. The van der Waals surface area contributed by atoms with E-state index in [1.807, 2.05) is 31.2 Å². The lowest BCUT2D eigenvalue weighted by Crippen LogP contribution is -2.37. The quantitative estimate of drug-likeness (QED) is 0.783. The predicted octanol–water partition coefficient (Wildman–Crippen LogP) is 2.71. The number of carbonyl (C=O) groups is 2. The molecule has 0 aromatic heterocycles. The standard InChI is InChI=1S/C18H25NO4/c1-14-7-9-16(10-8-14)23-15(2)18(21)22-13-17(20)19-11-5-3-4-6-12-19/h7-10,15H,3-6,11-13H2,1-2H3. The fourth-order valence-electron chi connectivity index (χ4n) is 2.53. The summed E-state index contributed by atoms with van der Waals surface area (Å²) in [5, 5.41) is 0. The van der Waals surface area contributed by atoms with Gasteiger partial charge in [-0.3, -0.25) is 4.79 Å². The Morgan fingerprint density at radius 2 is 1.70 bits per heavy atom. The van der Waals surface area contributed by atoms with Crippen molar-refractivity contribution in [2.75, 3.05) is 19.7 Å². The Bertz CT molecular complexity index is 518. The van der Waals surface area contributed by atoms with Gasteiger partial charge in [0, 0.05) is 13.1 Å². The molecule has 1 saturated heterocycles. The van der Waals surface area contributed by atoms with E-state index in [0.717, 1.165) is 44.3 Å². The van der Waals surface area contributed by atoms with E-state index in [4.69, 9.17) is 9.47 Å². The van der Waals surface area contributed by atoms with Crippen LogP contribution >= 0.6 is 0 Å². The van der Waals surface area contributed by atoms with Gasteiger partial charge in [0.2, 0.25) is 0 Å². The second-order valence-corrected chi connectivity index (χ2v) is 5.98. The molecule has 5 nitrogen and oxygen atoms in total. The van der Waals surface area contributed by atoms with Crippen molar-refractivity contribution in [1.82, 2.24) is 4.90 Å². The molecule has 0 saturated carbocycles. The van der Waals surface area contributed by atoms with Crippen molar-refractivity contribution in [1.29, 1.82) is 0 Å². The van der Waals surface area contributed by atoms with Gasteiger partial charge >= 0.3 is 5.97 Å². The van der Waals surface area contributed by atoms with Gasteiger partial charge in [-0.2, -0.15) is 0 Å². The van der Waals surface area contributed by atoms with Crippen LogP contribution in [0.3, 0.4) is 0 Å². The fraction of sp³-hybridized carbons (Fsp3) is 0.556. The largest absolute Gasteiger partial charge is 0.479 e. The lowest BCUT2D eigenvalue weighted by atomic mass is 10.2. The van der Waals surface area contributed by atoms with E-state index in [-0.39, 0.29) is 12.5 Å².